The van der Waals surface area contributed by atoms with E-state index in [0.29, 0.717) is 36.9 Å². The van der Waals surface area contributed by atoms with Crippen LogP contribution in [-0.2, 0) is 11.0 Å². The molecule has 3 nitrogen and oxygen atoms in total. The zero-order valence-corrected chi connectivity index (χ0v) is 15.9. The summed E-state index contributed by atoms with van der Waals surface area (Å²) in [6.45, 7) is 1.98. The molecule has 144 valence electrons. The summed E-state index contributed by atoms with van der Waals surface area (Å²) in [7, 11) is 0. The fraction of sp³-hybridized carbons (Fsp3) is 0.316. The van der Waals surface area contributed by atoms with Gasteiger partial charge in [0, 0.05) is 36.8 Å². The lowest BCUT2D eigenvalue weighted by Crippen LogP contribution is -2.49. The highest BCUT2D eigenvalue weighted by molar-refractivity contribution is 8.00. The highest BCUT2D eigenvalue weighted by Crippen LogP contribution is 2.32. The van der Waals surface area contributed by atoms with Crippen LogP contribution >= 0.6 is 23.4 Å². The Morgan fingerprint density at radius 3 is 2.41 bits per heavy atom. The average Bonchev–Trinajstić information content (AvgIpc) is 2.67. The van der Waals surface area contributed by atoms with Crippen molar-refractivity contribution in [3.05, 3.63) is 59.1 Å². The number of alkyl halides is 3. The summed E-state index contributed by atoms with van der Waals surface area (Å²) >= 11 is 7.48. The summed E-state index contributed by atoms with van der Waals surface area (Å²) in [5, 5.41) is 0.615. The summed E-state index contributed by atoms with van der Waals surface area (Å²) in [5.74, 6) is 0.288. The Morgan fingerprint density at radius 2 is 1.74 bits per heavy atom. The minimum atomic E-state index is -4.36. The molecule has 1 amide bonds. The molecule has 0 saturated carbocycles. The number of halogens is 4. The third-order valence-corrected chi connectivity index (χ3v) is 5.86. The normalized spacial score (nSPS) is 15.1. The van der Waals surface area contributed by atoms with Gasteiger partial charge < -0.3 is 9.80 Å². The van der Waals surface area contributed by atoms with E-state index >= 15 is 0 Å². The Balaban J connectivity index is 1.54. The molecule has 3 rings (SSSR count). The van der Waals surface area contributed by atoms with Gasteiger partial charge in [0.2, 0.25) is 5.91 Å². The highest BCUT2D eigenvalue weighted by atomic mass is 35.5. The lowest BCUT2D eigenvalue weighted by Gasteiger charge is -2.36. The maximum atomic E-state index is 12.9. The third kappa shape index (κ3) is 5.11. The fourth-order valence-electron chi connectivity index (χ4n) is 2.89. The molecule has 2 aromatic rings. The summed E-state index contributed by atoms with van der Waals surface area (Å²) < 4.78 is 38.6. The lowest BCUT2D eigenvalue weighted by atomic mass is 10.1. The molecule has 1 heterocycles. The van der Waals surface area contributed by atoms with Crippen LogP contribution in [0.25, 0.3) is 0 Å². The molecule has 0 unspecified atom stereocenters. The molecule has 0 atom stereocenters. The minimum Gasteiger partial charge on any atom is -0.368 e. The molecular formula is C19H18ClF3N2OS. The molecule has 27 heavy (non-hydrogen) atoms. The van der Waals surface area contributed by atoms with Crippen molar-refractivity contribution < 1.29 is 18.0 Å². The third-order valence-electron chi connectivity index (χ3n) is 4.36. The topological polar surface area (TPSA) is 23.6 Å². The Morgan fingerprint density at radius 1 is 1.04 bits per heavy atom. The smallest absolute Gasteiger partial charge is 0.368 e. The van der Waals surface area contributed by atoms with Crippen LogP contribution in [0.3, 0.4) is 0 Å². The number of piperazine rings is 1. The van der Waals surface area contributed by atoms with Crippen LogP contribution in [0.5, 0.6) is 0 Å². The van der Waals surface area contributed by atoms with E-state index < -0.39 is 11.7 Å². The van der Waals surface area contributed by atoms with E-state index in [-0.39, 0.29) is 11.7 Å². The van der Waals surface area contributed by atoms with Crippen LogP contribution in [0.15, 0.2) is 53.4 Å². The highest BCUT2D eigenvalue weighted by Gasteiger charge is 2.31. The Labute approximate surface area is 165 Å². The number of carbonyl (C=O) groups excluding carboxylic acids is 1. The molecule has 0 spiro atoms. The van der Waals surface area contributed by atoms with Crippen LogP contribution in [0, 0.1) is 0 Å². The number of carbonyl (C=O) groups is 1. The van der Waals surface area contributed by atoms with E-state index in [1.165, 1.54) is 17.8 Å². The molecule has 8 heteroatoms. The molecule has 0 aliphatic carbocycles. The van der Waals surface area contributed by atoms with Gasteiger partial charge in [-0.3, -0.25) is 4.79 Å². The van der Waals surface area contributed by atoms with Crippen LogP contribution in [0.4, 0.5) is 18.9 Å². The quantitative estimate of drug-likeness (QED) is 0.671. The molecule has 2 aromatic carbocycles. The number of rotatable bonds is 4. The fourth-order valence-corrected chi connectivity index (χ4v) is 4.03. The first kappa shape index (κ1) is 19.9. The zero-order chi connectivity index (χ0) is 19.4. The van der Waals surface area contributed by atoms with E-state index in [1.807, 2.05) is 23.1 Å². The Hall–Kier alpha value is -1.86. The van der Waals surface area contributed by atoms with E-state index in [4.69, 9.17) is 11.6 Å². The van der Waals surface area contributed by atoms with Crippen molar-refractivity contribution in [1.82, 2.24) is 4.90 Å². The molecule has 1 aliphatic heterocycles. The predicted octanol–water partition coefficient (Wildman–Crippen LogP) is 4.80. The number of thioether (sulfide) groups is 1. The second kappa shape index (κ2) is 8.44. The van der Waals surface area contributed by atoms with Gasteiger partial charge in [0.15, 0.2) is 0 Å². The maximum Gasteiger partial charge on any atom is 0.416 e. The average molecular weight is 415 g/mol. The molecule has 0 N–H and O–H groups in total. The van der Waals surface area contributed by atoms with E-state index in [2.05, 4.69) is 0 Å². The van der Waals surface area contributed by atoms with Crippen LogP contribution in [0.1, 0.15) is 5.56 Å². The van der Waals surface area contributed by atoms with Crippen molar-refractivity contribution in [2.24, 2.45) is 0 Å². The number of anilines is 1. The van der Waals surface area contributed by atoms with Crippen molar-refractivity contribution in [3.63, 3.8) is 0 Å². The summed E-state index contributed by atoms with van der Waals surface area (Å²) in [6.07, 6.45) is -4.36. The summed E-state index contributed by atoms with van der Waals surface area (Å²) in [4.78, 5) is 16.9. The molecular weight excluding hydrogens is 397 g/mol. The standard InChI is InChI=1S/C19H18ClF3N2OS/c20-16-6-1-2-7-17(16)27-13-18(26)25-10-8-24(9-11-25)15-5-3-4-14(12-15)19(21,22)23/h1-7,12H,8-11,13H2. The minimum absolute atomic E-state index is 0.00334. The molecule has 1 saturated heterocycles. The maximum absolute atomic E-state index is 12.9. The first-order chi connectivity index (χ1) is 12.8. The summed E-state index contributed by atoms with van der Waals surface area (Å²) in [6, 6.07) is 12.7. The molecule has 0 bridgehead atoms. The monoisotopic (exact) mass is 414 g/mol. The van der Waals surface area contributed by atoms with Gasteiger partial charge in [-0.25, -0.2) is 0 Å². The molecule has 1 fully saturated rings. The lowest BCUT2D eigenvalue weighted by molar-refractivity contribution is -0.137. The van der Waals surface area contributed by atoms with Crippen LogP contribution in [0.2, 0.25) is 5.02 Å². The van der Waals surface area contributed by atoms with E-state index in [1.54, 1.807) is 17.0 Å². The van der Waals surface area contributed by atoms with Gasteiger partial charge in [0.25, 0.3) is 0 Å². The number of amides is 1. The summed E-state index contributed by atoms with van der Waals surface area (Å²) in [5.41, 5.74) is -0.128. The van der Waals surface area contributed by atoms with Gasteiger partial charge in [-0.1, -0.05) is 29.8 Å². The van der Waals surface area contributed by atoms with Gasteiger partial charge in [0.05, 0.1) is 16.3 Å². The van der Waals surface area contributed by atoms with Gasteiger partial charge in [-0.15, -0.1) is 11.8 Å². The first-order valence-corrected chi connectivity index (χ1v) is 9.78. The van der Waals surface area contributed by atoms with Crippen molar-refractivity contribution in [1.29, 1.82) is 0 Å². The van der Waals surface area contributed by atoms with Gasteiger partial charge in [-0.05, 0) is 30.3 Å². The Bertz CT molecular complexity index is 808. The van der Waals surface area contributed by atoms with E-state index in [9.17, 15) is 18.0 Å². The molecule has 0 radical (unpaired) electrons. The second-order valence-electron chi connectivity index (χ2n) is 6.14. The van der Waals surface area contributed by atoms with Crippen molar-refractivity contribution in [3.8, 4) is 0 Å². The van der Waals surface area contributed by atoms with Crippen LogP contribution in [-0.4, -0.2) is 42.7 Å². The molecule has 1 aliphatic rings. The SMILES string of the molecule is O=C(CSc1ccccc1Cl)N1CCN(c2cccc(C(F)(F)F)c2)CC1. The number of hydrogen-bond donors (Lipinski definition) is 0. The van der Waals surface area contributed by atoms with Gasteiger partial charge >= 0.3 is 6.18 Å². The number of hydrogen-bond acceptors (Lipinski definition) is 3. The first-order valence-electron chi connectivity index (χ1n) is 8.42. The second-order valence-corrected chi connectivity index (χ2v) is 7.56. The Kier molecular flexibility index (Phi) is 6.22. The van der Waals surface area contributed by atoms with Crippen molar-refractivity contribution >= 4 is 35.0 Å². The predicted molar refractivity (Wildman–Crippen MR) is 102 cm³/mol. The van der Waals surface area contributed by atoms with Gasteiger partial charge in [-0.2, -0.15) is 13.2 Å². The van der Waals surface area contributed by atoms with Crippen molar-refractivity contribution in [2.75, 3.05) is 36.8 Å². The van der Waals surface area contributed by atoms with E-state index in [0.717, 1.165) is 17.0 Å². The van der Waals surface area contributed by atoms with Crippen molar-refractivity contribution in [2.45, 2.75) is 11.1 Å². The van der Waals surface area contributed by atoms with Crippen LogP contribution < -0.4 is 4.90 Å². The largest absolute Gasteiger partial charge is 0.416 e. The number of nitrogens with zero attached hydrogens (tertiary/aromatic N) is 2. The molecule has 0 aromatic heterocycles. The number of benzene rings is 2. The zero-order valence-electron chi connectivity index (χ0n) is 14.4. The van der Waals surface area contributed by atoms with Gasteiger partial charge in [0.1, 0.15) is 0 Å².